The minimum atomic E-state index is 0.588. The normalized spacial score (nSPS) is 15.5. The second kappa shape index (κ2) is 25.6. The first kappa shape index (κ1) is 34.4. The maximum Gasteiger partial charge on any atom is 0.103 e. The van der Waals surface area contributed by atoms with E-state index in [1.807, 2.05) is 0 Å². The van der Waals surface area contributed by atoms with Crippen LogP contribution in [0.2, 0.25) is 0 Å². The van der Waals surface area contributed by atoms with Crippen LogP contribution < -0.4 is 0 Å². The summed E-state index contributed by atoms with van der Waals surface area (Å²) in [5, 5.41) is 0. The number of hydrogen-bond acceptors (Lipinski definition) is 2. The van der Waals surface area contributed by atoms with Crippen LogP contribution in [-0.4, -0.2) is 29.1 Å². The lowest BCUT2D eigenvalue weighted by Gasteiger charge is -2.36. The Hall–Kier alpha value is -0.660. The van der Waals surface area contributed by atoms with Crippen LogP contribution in [0.4, 0.5) is 0 Å². The molecule has 0 radical (unpaired) electrons. The third-order valence-corrected chi connectivity index (χ3v) is 8.52. The van der Waals surface area contributed by atoms with Gasteiger partial charge in [0, 0.05) is 25.5 Å². The monoisotopic (exact) mass is 519 g/mol. The standard InChI is InChI=1S/C35H70N2/c1-5-7-9-11-13-15-17-18-19-20-21-23-25-27-29-31-37-33-32-36(35(37)34(3)4)30-28-26-24-22-16-14-12-10-8-6-2/h32-35H,5-31H2,1-4H3. The number of rotatable bonds is 28. The van der Waals surface area contributed by atoms with E-state index in [0.717, 1.165) is 0 Å². The van der Waals surface area contributed by atoms with E-state index in [-0.39, 0.29) is 0 Å². The average molecular weight is 519 g/mol. The highest BCUT2D eigenvalue weighted by Gasteiger charge is 2.28. The molecule has 0 amide bonds. The predicted octanol–water partition coefficient (Wildman–Crippen LogP) is 11.8. The fourth-order valence-electron chi connectivity index (χ4n) is 6.17. The zero-order valence-electron chi connectivity index (χ0n) is 26.3. The van der Waals surface area contributed by atoms with Crippen LogP contribution >= 0.6 is 0 Å². The van der Waals surface area contributed by atoms with Gasteiger partial charge in [0.15, 0.2) is 0 Å². The van der Waals surface area contributed by atoms with Gasteiger partial charge in [-0.3, -0.25) is 0 Å². The summed E-state index contributed by atoms with van der Waals surface area (Å²) in [6.07, 6.45) is 41.3. The minimum absolute atomic E-state index is 0.588. The van der Waals surface area contributed by atoms with Crippen molar-refractivity contribution >= 4 is 0 Å². The Labute approximate surface area is 235 Å². The maximum absolute atomic E-state index is 2.64. The van der Waals surface area contributed by atoms with Crippen molar-refractivity contribution in [2.45, 2.75) is 194 Å². The molecule has 0 saturated heterocycles. The summed E-state index contributed by atoms with van der Waals surface area (Å²) >= 11 is 0. The Balaban J connectivity index is 1.97. The highest BCUT2D eigenvalue weighted by Crippen LogP contribution is 2.24. The molecule has 0 N–H and O–H groups in total. The topological polar surface area (TPSA) is 6.48 Å². The Kier molecular flexibility index (Phi) is 23.8. The summed E-state index contributed by atoms with van der Waals surface area (Å²) in [5.74, 6) is 0.689. The lowest BCUT2D eigenvalue weighted by molar-refractivity contribution is 0.104. The molecule has 0 aromatic heterocycles. The summed E-state index contributed by atoms with van der Waals surface area (Å²) in [6, 6.07) is 0. The first-order chi connectivity index (χ1) is 18.2. The molecule has 1 aliphatic rings. The second-order valence-electron chi connectivity index (χ2n) is 12.6. The third-order valence-electron chi connectivity index (χ3n) is 8.52. The van der Waals surface area contributed by atoms with E-state index < -0.39 is 0 Å². The summed E-state index contributed by atoms with van der Waals surface area (Å²) in [4.78, 5) is 5.28. The number of unbranched alkanes of at least 4 members (excludes halogenated alkanes) is 23. The average Bonchev–Trinajstić information content (AvgIpc) is 3.30. The van der Waals surface area contributed by atoms with Gasteiger partial charge in [-0.25, -0.2) is 0 Å². The van der Waals surface area contributed by atoms with Gasteiger partial charge in [0.1, 0.15) is 6.17 Å². The van der Waals surface area contributed by atoms with Crippen molar-refractivity contribution < 1.29 is 0 Å². The summed E-state index contributed by atoms with van der Waals surface area (Å²) in [7, 11) is 0. The smallest absolute Gasteiger partial charge is 0.103 e. The molecule has 2 heteroatoms. The zero-order valence-corrected chi connectivity index (χ0v) is 26.3. The van der Waals surface area contributed by atoms with Crippen molar-refractivity contribution in [3.05, 3.63) is 12.4 Å². The van der Waals surface area contributed by atoms with Gasteiger partial charge in [0.2, 0.25) is 0 Å². The highest BCUT2D eigenvalue weighted by atomic mass is 15.4. The van der Waals surface area contributed by atoms with E-state index in [0.29, 0.717) is 12.1 Å². The molecule has 0 bridgehead atoms. The fraction of sp³-hybridized carbons (Fsp3) is 0.943. The molecule has 1 aliphatic heterocycles. The van der Waals surface area contributed by atoms with Gasteiger partial charge in [-0.05, 0) is 18.8 Å². The Morgan fingerprint density at radius 1 is 0.405 bits per heavy atom. The lowest BCUT2D eigenvalue weighted by Crippen LogP contribution is -2.43. The van der Waals surface area contributed by atoms with Crippen LogP contribution in [0.25, 0.3) is 0 Å². The van der Waals surface area contributed by atoms with Gasteiger partial charge in [0.05, 0.1) is 0 Å². The lowest BCUT2D eigenvalue weighted by atomic mass is 10.0. The van der Waals surface area contributed by atoms with Crippen molar-refractivity contribution in [3.8, 4) is 0 Å². The highest BCUT2D eigenvalue weighted by molar-refractivity contribution is 4.98. The van der Waals surface area contributed by atoms with Crippen molar-refractivity contribution in [2.75, 3.05) is 13.1 Å². The third kappa shape index (κ3) is 19.1. The van der Waals surface area contributed by atoms with Gasteiger partial charge in [-0.1, -0.05) is 175 Å². The summed E-state index contributed by atoms with van der Waals surface area (Å²) in [6.45, 7) is 11.9. The Bertz CT molecular complexity index is 486. The van der Waals surface area contributed by atoms with E-state index >= 15 is 0 Å². The van der Waals surface area contributed by atoms with Gasteiger partial charge >= 0.3 is 0 Å². The summed E-state index contributed by atoms with van der Waals surface area (Å²) in [5.41, 5.74) is 0. The largest absolute Gasteiger partial charge is 0.356 e. The van der Waals surface area contributed by atoms with Crippen molar-refractivity contribution in [2.24, 2.45) is 5.92 Å². The first-order valence-electron chi connectivity index (χ1n) is 17.4. The number of nitrogens with zero attached hydrogens (tertiary/aromatic N) is 2. The Morgan fingerprint density at radius 3 is 0.892 bits per heavy atom. The van der Waals surface area contributed by atoms with Crippen LogP contribution in [0.1, 0.15) is 188 Å². The molecule has 37 heavy (non-hydrogen) atoms. The number of hydrogen-bond donors (Lipinski definition) is 0. The van der Waals surface area contributed by atoms with E-state index in [9.17, 15) is 0 Å². The van der Waals surface area contributed by atoms with E-state index in [4.69, 9.17) is 0 Å². The van der Waals surface area contributed by atoms with Crippen LogP contribution in [0.5, 0.6) is 0 Å². The van der Waals surface area contributed by atoms with E-state index in [1.54, 1.807) is 0 Å². The molecule has 0 aliphatic carbocycles. The maximum atomic E-state index is 2.64. The van der Waals surface area contributed by atoms with Crippen LogP contribution in [0.15, 0.2) is 12.4 Å². The van der Waals surface area contributed by atoms with Crippen LogP contribution in [0.3, 0.4) is 0 Å². The molecule has 1 heterocycles. The predicted molar refractivity (Wildman–Crippen MR) is 168 cm³/mol. The molecule has 220 valence electrons. The molecule has 1 rings (SSSR count). The summed E-state index contributed by atoms with van der Waals surface area (Å²) < 4.78 is 0. The van der Waals surface area contributed by atoms with Gasteiger partial charge in [-0.2, -0.15) is 0 Å². The molecule has 0 aromatic carbocycles. The van der Waals surface area contributed by atoms with Crippen molar-refractivity contribution in [1.82, 2.24) is 9.80 Å². The molecule has 2 nitrogen and oxygen atoms in total. The minimum Gasteiger partial charge on any atom is -0.356 e. The second-order valence-corrected chi connectivity index (χ2v) is 12.6. The van der Waals surface area contributed by atoms with Crippen LogP contribution in [0, 0.1) is 5.92 Å². The Morgan fingerprint density at radius 2 is 0.649 bits per heavy atom. The molecular formula is C35H70N2. The van der Waals surface area contributed by atoms with Crippen molar-refractivity contribution in [1.29, 1.82) is 0 Å². The molecule has 0 saturated carbocycles. The fourth-order valence-corrected chi connectivity index (χ4v) is 6.17. The molecule has 0 aromatic rings. The van der Waals surface area contributed by atoms with E-state index in [2.05, 4.69) is 49.9 Å². The van der Waals surface area contributed by atoms with Gasteiger partial charge in [-0.15, -0.1) is 0 Å². The molecule has 1 atom stereocenters. The first-order valence-corrected chi connectivity index (χ1v) is 17.4. The molecule has 0 fully saturated rings. The van der Waals surface area contributed by atoms with Gasteiger partial charge < -0.3 is 9.80 Å². The quantitative estimate of drug-likeness (QED) is 0.0950. The zero-order chi connectivity index (χ0) is 26.8. The molecule has 1 unspecified atom stereocenters. The molecule has 0 spiro atoms. The van der Waals surface area contributed by atoms with Gasteiger partial charge in [0.25, 0.3) is 0 Å². The molecular weight excluding hydrogens is 448 g/mol. The van der Waals surface area contributed by atoms with E-state index in [1.165, 1.54) is 174 Å². The van der Waals surface area contributed by atoms with Crippen molar-refractivity contribution in [3.63, 3.8) is 0 Å². The van der Waals surface area contributed by atoms with Crippen LogP contribution in [-0.2, 0) is 0 Å². The SMILES string of the molecule is CCCCCCCCCCCCCCCCCN1C=CN(CCCCCCCCCCCC)C1C(C)C.